The van der Waals surface area contributed by atoms with E-state index in [4.69, 9.17) is 9.63 Å². The van der Waals surface area contributed by atoms with Crippen molar-refractivity contribution in [2.24, 2.45) is 0 Å². The first kappa shape index (κ1) is 15.3. The third kappa shape index (κ3) is 2.93. The van der Waals surface area contributed by atoms with Gasteiger partial charge in [-0.25, -0.2) is 9.78 Å². The van der Waals surface area contributed by atoms with Crippen molar-refractivity contribution in [2.75, 3.05) is 13.1 Å². The van der Waals surface area contributed by atoms with Gasteiger partial charge in [0, 0.05) is 31.0 Å². The quantitative estimate of drug-likeness (QED) is 0.913. The fourth-order valence-electron chi connectivity index (χ4n) is 3.02. The van der Waals surface area contributed by atoms with E-state index in [0.717, 1.165) is 36.5 Å². The van der Waals surface area contributed by atoms with Gasteiger partial charge in [-0.2, -0.15) is 0 Å². The number of nitrogens with zero attached hydrogens (tertiary/aromatic N) is 3. The van der Waals surface area contributed by atoms with Crippen molar-refractivity contribution < 1.29 is 19.2 Å². The number of likely N-dealkylation sites (tertiary alicyclic amines) is 1. The maximum Gasteiger partial charge on any atom is 0.347 e. The Morgan fingerprint density at radius 3 is 2.58 bits per heavy atom. The number of carbonyl (C=O) groups excluding carboxylic acids is 1. The van der Waals surface area contributed by atoms with Crippen molar-refractivity contribution in [1.82, 2.24) is 15.0 Å². The van der Waals surface area contributed by atoms with Crippen molar-refractivity contribution in [3.8, 4) is 0 Å². The predicted molar refractivity (Wildman–Crippen MR) is 85.4 cm³/mol. The molecule has 0 spiro atoms. The highest BCUT2D eigenvalue weighted by atomic mass is 32.1. The van der Waals surface area contributed by atoms with Crippen molar-refractivity contribution >= 4 is 23.2 Å². The molecule has 4 rings (SSSR count). The highest BCUT2D eigenvalue weighted by molar-refractivity contribution is 7.13. The molecular weight excluding hydrogens is 330 g/mol. The molecule has 1 N–H and O–H groups in total. The average molecular weight is 347 g/mol. The molecule has 2 aliphatic rings. The smallest absolute Gasteiger partial charge is 0.347 e. The maximum absolute atomic E-state index is 12.5. The van der Waals surface area contributed by atoms with Crippen molar-refractivity contribution in [3.05, 3.63) is 33.6 Å². The molecule has 8 heteroatoms. The summed E-state index contributed by atoms with van der Waals surface area (Å²) in [6.07, 6.45) is 5.20. The van der Waals surface area contributed by atoms with Gasteiger partial charge in [-0.15, -0.1) is 11.3 Å². The van der Waals surface area contributed by atoms with Crippen LogP contribution in [-0.2, 0) is 0 Å². The number of hydrogen-bond donors (Lipinski definition) is 1. The minimum atomic E-state index is -0.941. The molecule has 2 fully saturated rings. The summed E-state index contributed by atoms with van der Waals surface area (Å²) in [6, 6.07) is 1.77. The summed E-state index contributed by atoms with van der Waals surface area (Å²) in [7, 11) is 0. The lowest BCUT2D eigenvalue weighted by atomic mass is 9.97. The fraction of sp³-hybridized carbons (Fsp3) is 0.500. The molecule has 24 heavy (non-hydrogen) atoms. The van der Waals surface area contributed by atoms with E-state index in [9.17, 15) is 9.59 Å². The van der Waals surface area contributed by atoms with Gasteiger partial charge in [-0.1, -0.05) is 5.16 Å². The Morgan fingerprint density at radius 2 is 1.96 bits per heavy atom. The minimum Gasteiger partial charge on any atom is -0.477 e. The molecule has 126 valence electrons. The van der Waals surface area contributed by atoms with Gasteiger partial charge in [0.1, 0.15) is 10.6 Å². The van der Waals surface area contributed by atoms with Crippen LogP contribution in [-0.4, -0.2) is 45.1 Å². The maximum atomic E-state index is 12.5. The van der Waals surface area contributed by atoms with E-state index < -0.39 is 5.97 Å². The number of carbonyl (C=O) groups is 2. The van der Waals surface area contributed by atoms with E-state index in [1.165, 1.54) is 17.5 Å². The van der Waals surface area contributed by atoms with Crippen LogP contribution >= 0.6 is 11.3 Å². The molecule has 1 saturated carbocycles. The van der Waals surface area contributed by atoms with Gasteiger partial charge >= 0.3 is 5.97 Å². The summed E-state index contributed by atoms with van der Waals surface area (Å²) < 4.78 is 5.25. The van der Waals surface area contributed by atoms with Gasteiger partial charge in [0.25, 0.3) is 5.91 Å². The molecule has 0 bridgehead atoms. The SMILES string of the molecule is O=C(O)c1cnc(C2CCN(C(=O)c3cc(C4CC4)on3)CC2)s1. The molecule has 1 saturated heterocycles. The first-order valence-corrected chi connectivity index (χ1v) is 8.88. The van der Waals surface area contributed by atoms with Gasteiger partial charge in [-0.3, -0.25) is 4.79 Å². The van der Waals surface area contributed by atoms with Crippen LogP contribution < -0.4 is 0 Å². The van der Waals surface area contributed by atoms with Crippen LogP contribution in [0.25, 0.3) is 0 Å². The molecule has 0 radical (unpaired) electrons. The van der Waals surface area contributed by atoms with E-state index >= 15 is 0 Å². The summed E-state index contributed by atoms with van der Waals surface area (Å²) in [6.45, 7) is 1.24. The second kappa shape index (κ2) is 6.01. The number of carboxylic acids is 1. The summed E-state index contributed by atoms with van der Waals surface area (Å²) in [5.41, 5.74) is 0.387. The first-order valence-electron chi connectivity index (χ1n) is 8.06. The lowest BCUT2D eigenvalue weighted by molar-refractivity contribution is 0.0693. The Balaban J connectivity index is 1.37. The average Bonchev–Trinajstić information content (AvgIpc) is 3.13. The summed E-state index contributed by atoms with van der Waals surface area (Å²) in [5, 5.41) is 13.7. The van der Waals surface area contributed by atoms with Crippen LogP contribution in [0, 0.1) is 0 Å². The normalized spacial score (nSPS) is 18.8. The number of hydrogen-bond acceptors (Lipinski definition) is 6. The van der Waals surface area contributed by atoms with Crippen LogP contribution in [0.3, 0.4) is 0 Å². The summed E-state index contributed by atoms with van der Waals surface area (Å²) >= 11 is 1.23. The van der Waals surface area contributed by atoms with E-state index in [-0.39, 0.29) is 16.7 Å². The largest absolute Gasteiger partial charge is 0.477 e. The molecule has 1 aliphatic carbocycles. The molecule has 7 nitrogen and oxygen atoms in total. The predicted octanol–water partition coefficient (Wildman–Crippen LogP) is 2.73. The van der Waals surface area contributed by atoms with Gasteiger partial charge < -0.3 is 14.5 Å². The van der Waals surface area contributed by atoms with Crippen LogP contribution in [0.2, 0.25) is 0 Å². The summed E-state index contributed by atoms with van der Waals surface area (Å²) in [4.78, 5) is 29.7. The Bertz CT molecular complexity index is 772. The molecule has 0 aromatic carbocycles. The van der Waals surface area contributed by atoms with E-state index in [0.29, 0.717) is 24.7 Å². The highest BCUT2D eigenvalue weighted by Crippen LogP contribution is 2.40. The number of thiazole rings is 1. The highest BCUT2D eigenvalue weighted by Gasteiger charge is 2.31. The Labute approximate surface area is 142 Å². The minimum absolute atomic E-state index is 0.0885. The van der Waals surface area contributed by atoms with Crippen molar-refractivity contribution in [2.45, 2.75) is 37.5 Å². The lowest BCUT2D eigenvalue weighted by Crippen LogP contribution is -2.38. The van der Waals surface area contributed by atoms with Crippen molar-refractivity contribution in [1.29, 1.82) is 0 Å². The third-order valence-corrected chi connectivity index (χ3v) is 5.74. The van der Waals surface area contributed by atoms with Gasteiger partial charge in [0.15, 0.2) is 5.69 Å². The number of aromatic carboxylic acids is 1. The number of piperidine rings is 1. The molecular formula is C16H17N3O4S. The molecule has 0 atom stereocenters. The molecule has 0 unspecified atom stereocenters. The molecule has 1 aliphatic heterocycles. The Kier molecular flexibility index (Phi) is 3.84. The number of amides is 1. The van der Waals surface area contributed by atoms with E-state index in [2.05, 4.69) is 10.1 Å². The Hall–Kier alpha value is -2.22. The van der Waals surface area contributed by atoms with Crippen LogP contribution in [0.4, 0.5) is 0 Å². The van der Waals surface area contributed by atoms with Crippen LogP contribution in [0.15, 0.2) is 16.8 Å². The number of carboxylic acid groups (broad SMARTS) is 1. The second-order valence-corrected chi connectivity index (χ2v) is 7.39. The molecule has 2 aromatic heterocycles. The van der Waals surface area contributed by atoms with E-state index in [1.807, 2.05) is 0 Å². The topological polar surface area (TPSA) is 96.5 Å². The third-order valence-electron chi connectivity index (χ3n) is 4.59. The van der Waals surface area contributed by atoms with Gasteiger partial charge in [-0.05, 0) is 25.7 Å². The zero-order chi connectivity index (χ0) is 16.7. The molecule has 3 heterocycles. The van der Waals surface area contributed by atoms with Crippen molar-refractivity contribution in [3.63, 3.8) is 0 Å². The zero-order valence-corrected chi connectivity index (χ0v) is 13.8. The van der Waals surface area contributed by atoms with Crippen LogP contribution in [0.5, 0.6) is 0 Å². The standard InChI is InChI=1S/C16H17N3O4S/c20-15(11-7-12(23-18-11)9-1-2-9)19-5-3-10(4-6-19)14-17-8-13(24-14)16(21)22/h7-10H,1-6H2,(H,21,22). The van der Waals surface area contributed by atoms with Crippen LogP contribution in [0.1, 0.15) is 68.4 Å². The first-order chi connectivity index (χ1) is 11.6. The lowest BCUT2D eigenvalue weighted by Gasteiger charge is -2.30. The molecule has 2 aromatic rings. The summed E-state index contributed by atoms with van der Waals surface area (Å²) in [5.74, 6) is 0.445. The monoisotopic (exact) mass is 347 g/mol. The molecule has 1 amide bonds. The number of aromatic nitrogens is 2. The van der Waals surface area contributed by atoms with E-state index in [1.54, 1.807) is 11.0 Å². The fourth-order valence-corrected chi connectivity index (χ4v) is 3.94. The van der Waals surface area contributed by atoms with Gasteiger partial charge in [0.05, 0.1) is 11.2 Å². The number of rotatable bonds is 4. The zero-order valence-electron chi connectivity index (χ0n) is 13.0. The van der Waals surface area contributed by atoms with Gasteiger partial charge in [0.2, 0.25) is 0 Å². The Morgan fingerprint density at radius 1 is 1.21 bits per heavy atom. The second-order valence-electron chi connectivity index (χ2n) is 6.32.